The van der Waals surface area contributed by atoms with Crippen LogP contribution in [-0.2, 0) is 4.43 Å². The monoisotopic (exact) mass is 320 g/mol. The molecule has 0 saturated heterocycles. The first-order valence-electron chi connectivity index (χ1n) is 4.45. The molecule has 1 aromatic carbocycles. The summed E-state index contributed by atoms with van der Waals surface area (Å²) < 4.78 is 11.1. The normalized spacial score (nSPS) is 9.87. The topological polar surface area (TPSA) is 35.5 Å². The van der Waals surface area contributed by atoms with Crippen molar-refractivity contribution < 1.29 is 14.3 Å². The molecule has 0 radical (unpaired) electrons. The van der Waals surface area contributed by atoms with Crippen molar-refractivity contribution in [3.05, 3.63) is 22.8 Å². The van der Waals surface area contributed by atoms with Gasteiger partial charge in [0, 0.05) is 10.5 Å². The van der Waals surface area contributed by atoms with E-state index in [0.717, 1.165) is 27.6 Å². The summed E-state index contributed by atoms with van der Waals surface area (Å²) in [7, 11) is 3.16. The van der Waals surface area contributed by atoms with Gasteiger partial charge in [0.25, 0.3) is 0 Å². The molecule has 3 nitrogen and oxygen atoms in total. The molecule has 0 unspecified atom stereocenters. The zero-order valence-electron chi connectivity index (χ0n) is 8.96. The number of ether oxygens (including phenoxy) is 2. The van der Waals surface area contributed by atoms with E-state index in [9.17, 15) is 4.79 Å². The van der Waals surface area contributed by atoms with Crippen molar-refractivity contribution in [1.82, 2.24) is 0 Å². The second-order valence-electron chi connectivity index (χ2n) is 3.05. The highest BCUT2D eigenvalue weighted by atomic mass is 127. The summed E-state index contributed by atoms with van der Waals surface area (Å²) in [6, 6.07) is 1.74. The van der Waals surface area contributed by atoms with Crippen LogP contribution in [-0.4, -0.2) is 20.5 Å². The molecule has 0 aromatic heterocycles. The number of aldehydes is 1. The van der Waals surface area contributed by atoms with Gasteiger partial charge in [-0.05, 0) is 18.1 Å². The molecule has 0 N–H and O–H groups in total. The summed E-state index contributed by atoms with van der Waals surface area (Å²) in [4.78, 5) is 11.0. The van der Waals surface area contributed by atoms with E-state index in [4.69, 9.17) is 9.47 Å². The van der Waals surface area contributed by atoms with E-state index < -0.39 is 0 Å². The summed E-state index contributed by atoms with van der Waals surface area (Å²) >= 11 is 2.22. The van der Waals surface area contributed by atoms with Crippen LogP contribution < -0.4 is 9.47 Å². The Hall–Kier alpha value is -0.780. The number of halogens is 1. The fourth-order valence-corrected chi connectivity index (χ4v) is 2.47. The molecule has 0 bridgehead atoms. The average Bonchev–Trinajstić information content (AvgIpc) is 2.28. The summed E-state index contributed by atoms with van der Waals surface area (Å²) in [5.41, 5.74) is 2.59. The van der Waals surface area contributed by atoms with Crippen molar-refractivity contribution in [2.24, 2.45) is 0 Å². The quantitative estimate of drug-likeness (QED) is 0.486. The largest absolute Gasteiger partial charge is 0.496 e. The lowest BCUT2D eigenvalue weighted by molar-refractivity contribution is 0.112. The maximum atomic E-state index is 11.0. The number of rotatable bonds is 4. The highest BCUT2D eigenvalue weighted by Gasteiger charge is 2.15. The van der Waals surface area contributed by atoms with Gasteiger partial charge in [-0.15, -0.1) is 0 Å². The first kappa shape index (κ1) is 12.3. The molecule has 0 aliphatic heterocycles. The minimum absolute atomic E-state index is 0.569. The van der Waals surface area contributed by atoms with E-state index in [-0.39, 0.29) is 0 Å². The first-order valence-corrected chi connectivity index (χ1v) is 5.97. The van der Waals surface area contributed by atoms with Gasteiger partial charge in [0.15, 0.2) is 6.29 Å². The molecule has 15 heavy (non-hydrogen) atoms. The van der Waals surface area contributed by atoms with Crippen molar-refractivity contribution in [2.45, 2.75) is 11.4 Å². The van der Waals surface area contributed by atoms with E-state index in [0.29, 0.717) is 11.3 Å². The predicted molar refractivity (Wildman–Crippen MR) is 67.4 cm³/mol. The van der Waals surface area contributed by atoms with Crippen LogP contribution in [0.5, 0.6) is 11.5 Å². The number of methoxy groups -OCH3 is 2. The third kappa shape index (κ3) is 2.25. The number of alkyl halides is 1. The molecular weight excluding hydrogens is 307 g/mol. The van der Waals surface area contributed by atoms with Gasteiger partial charge in [-0.25, -0.2) is 0 Å². The molecule has 0 aliphatic rings. The number of benzene rings is 1. The fourth-order valence-electron chi connectivity index (χ4n) is 1.49. The van der Waals surface area contributed by atoms with Crippen LogP contribution in [0.2, 0.25) is 0 Å². The molecule has 1 rings (SSSR count). The predicted octanol–water partition coefficient (Wildman–Crippen LogP) is 2.76. The lowest BCUT2D eigenvalue weighted by atomic mass is 10.0. The van der Waals surface area contributed by atoms with Crippen LogP contribution in [0.1, 0.15) is 21.5 Å². The Labute approximate surface area is 103 Å². The van der Waals surface area contributed by atoms with Gasteiger partial charge in [-0.2, -0.15) is 0 Å². The van der Waals surface area contributed by atoms with Crippen molar-refractivity contribution in [3.8, 4) is 11.5 Å². The lowest BCUT2D eigenvalue weighted by Gasteiger charge is -2.14. The van der Waals surface area contributed by atoms with Crippen LogP contribution >= 0.6 is 22.6 Å². The average molecular weight is 320 g/mol. The molecule has 0 saturated carbocycles. The SMILES string of the molecule is COc1cc(OC)c(C=O)c(CI)c1C. The zero-order valence-corrected chi connectivity index (χ0v) is 11.1. The van der Waals surface area contributed by atoms with Gasteiger partial charge in [0.05, 0.1) is 19.8 Å². The van der Waals surface area contributed by atoms with E-state index in [1.807, 2.05) is 6.92 Å². The number of hydrogen-bond donors (Lipinski definition) is 0. The Morgan fingerprint density at radius 2 is 1.93 bits per heavy atom. The van der Waals surface area contributed by atoms with Gasteiger partial charge in [-0.3, -0.25) is 4.79 Å². The van der Waals surface area contributed by atoms with Crippen LogP contribution in [0.15, 0.2) is 6.07 Å². The Balaban J connectivity index is 3.49. The van der Waals surface area contributed by atoms with Crippen LogP contribution in [0.3, 0.4) is 0 Å². The van der Waals surface area contributed by atoms with Gasteiger partial charge < -0.3 is 9.47 Å². The maximum absolute atomic E-state index is 11.0. The number of hydrogen-bond acceptors (Lipinski definition) is 3. The molecule has 4 heteroatoms. The van der Waals surface area contributed by atoms with Crippen LogP contribution in [0.25, 0.3) is 0 Å². The molecule has 82 valence electrons. The van der Waals surface area contributed by atoms with E-state index in [1.165, 1.54) is 0 Å². The second-order valence-corrected chi connectivity index (χ2v) is 3.81. The van der Waals surface area contributed by atoms with E-state index in [1.54, 1.807) is 20.3 Å². The van der Waals surface area contributed by atoms with Gasteiger partial charge in [-0.1, -0.05) is 22.6 Å². The second kappa shape index (κ2) is 5.34. The third-order valence-electron chi connectivity index (χ3n) is 2.37. The summed E-state index contributed by atoms with van der Waals surface area (Å²) in [5.74, 6) is 1.32. The molecule has 0 amide bonds. The van der Waals surface area contributed by atoms with Gasteiger partial charge in [0.2, 0.25) is 0 Å². The zero-order chi connectivity index (χ0) is 11.4. The van der Waals surface area contributed by atoms with E-state index in [2.05, 4.69) is 22.6 Å². The Morgan fingerprint density at radius 3 is 2.33 bits per heavy atom. The van der Waals surface area contributed by atoms with E-state index >= 15 is 0 Å². The summed E-state index contributed by atoms with van der Waals surface area (Å²) in [6.07, 6.45) is 0.833. The van der Waals surface area contributed by atoms with Crippen molar-refractivity contribution >= 4 is 28.9 Å². The number of carbonyl (C=O) groups excluding carboxylic acids is 1. The van der Waals surface area contributed by atoms with Crippen molar-refractivity contribution in [3.63, 3.8) is 0 Å². The highest BCUT2D eigenvalue weighted by molar-refractivity contribution is 14.1. The van der Waals surface area contributed by atoms with Crippen LogP contribution in [0.4, 0.5) is 0 Å². The summed E-state index contributed by atoms with van der Waals surface area (Å²) in [6.45, 7) is 1.94. The molecule has 0 atom stereocenters. The third-order valence-corrected chi connectivity index (χ3v) is 3.13. The maximum Gasteiger partial charge on any atom is 0.154 e. The van der Waals surface area contributed by atoms with Crippen LogP contribution in [0, 0.1) is 6.92 Å². The van der Waals surface area contributed by atoms with Crippen molar-refractivity contribution in [1.29, 1.82) is 0 Å². The minimum atomic E-state index is 0.569. The Morgan fingerprint density at radius 1 is 1.33 bits per heavy atom. The van der Waals surface area contributed by atoms with Crippen molar-refractivity contribution in [2.75, 3.05) is 14.2 Å². The minimum Gasteiger partial charge on any atom is -0.496 e. The van der Waals surface area contributed by atoms with Gasteiger partial charge >= 0.3 is 0 Å². The van der Waals surface area contributed by atoms with Gasteiger partial charge in [0.1, 0.15) is 11.5 Å². The smallest absolute Gasteiger partial charge is 0.154 e. The molecule has 0 fully saturated rings. The molecule has 0 aliphatic carbocycles. The first-order chi connectivity index (χ1) is 7.19. The molecule has 0 heterocycles. The molecule has 0 spiro atoms. The summed E-state index contributed by atoms with van der Waals surface area (Å²) in [5, 5.41) is 0. The Bertz CT molecular complexity index is 375. The lowest BCUT2D eigenvalue weighted by Crippen LogP contribution is -2.01. The number of carbonyl (C=O) groups is 1. The highest BCUT2D eigenvalue weighted by Crippen LogP contribution is 2.33. The standard InChI is InChI=1S/C11H13IO3/c1-7-8(5-12)9(6-13)11(15-3)4-10(7)14-2/h4,6H,5H2,1-3H3. The fraction of sp³-hybridized carbons (Fsp3) is 0.364. The molecular formula is C11H13IO3. The molecule has 1 aromatic rings. The Kier molecular flexibility index (Phi) is 4.38.